The van der Waals surface area contributed by atoms with Crippen molar-refractivity contribution in [2.45, 2.75) is 13.3 Å². The van der Waals surface area contributed by atoms with Crippen LogP contribution < -0.4 is 10.6 Å². The van der Waals surface area contributed by atoms with Crippen LogP contribution in [0, 0.1) is 0 Å². The van der Waals surface area contributed by atoms with E-state index in [0.717, 1.165) is 6.42 Å². The van der Waals surface area contributed by atoms with E-state index in [-0.39, 0.29) is 23.5 Å². The zero-order chi connectivity index (χ0) is 14.5. The minimum absolute atomic E-state index is 0.0787. The third kappa shape index (κ3) is 3.60. The van der Waals surface area contributed by atoms with Gasteiger partial charge >= 0.3 is 0 Å². The first-order valence-electron chi connectivity index (χ1n) is 6.57. The molecule has 0 aliphatic carbocycles. The zero-order valence-corrected chi connectivity index (χ0v) is 12.0. The molecular weight excluding hydrogens is 280 g/mol. The van der Waals surface area contributed by atoms with Crippen LogP contribution in [0.4, 0.5) is 5.82 Å². The largest absolute Gasteiger partial charge is 0.370 e. The molecule has 2 rings (SSSR count). The van der Waals surface area contributed by atoms with Crippen LogP contribution in [0.1, 0.15) is 23.7 Å². The lowest BCUT2D eigenvalue weighted by atomic mass is 10.2. The first kappa shape index (κ1) is 14.6. The van der Waals surface area contributed by atoms with Crippen LogP contribution in [0.2, 0.25) is 5.15 Å². The molecule has 2 amide bonds. The summed E-state index contributed by atoms with van der Waals surface area (Å²) in [4.78, 5) is 29.6. The molecule has 1 fully saturated rings. The summed E-state index contributed by atoms with van der Waals surface area (Å²) in [5, 5.41) is 6.02. The van der Waals surface area contributed by atoms with E-state index in [1.165, 1.54) is 11.0 Å². The first-order chi connectivity index (χ1) is 9.60. The van der Waals surface area contributed by atoms with E-state index < -0.39 is 0 Å². The molecular formula is C13H17ClN4O2. The SMILES string of the molecule is CCNc1cc(C(=O)N2CCCNC(=O)C2)cc(Cl)n1. The van der Waals surface area contributed by atoms with E-state index in [4.69, 9.17) is 11.6 Å². The number of rotatable bonds is 3. The predicted molar refractivity (Wildman–Crippen MR) is 76.9 cm³/mol. The van der Waals surface area contributed by atoms with Crippen LogP contribution in [0.3, 0.4) is 0 Å². The molecule has 0 atom stereocenters. The van der Waals surface area contributed by atoms with Crippen molar-refractivity contribution in [3.05, 3.63) is 22.8 Å². The maximum atomic E-state index is 12.4. The normalized spacial score (nSPS) is 15.5. The zero-order valence-electron chi connectivity index (χ0n) is 11.3. The molecule has 108 valence electrons. The lowest BCUT2D eigenvalue weighted by Crippen LogP contribution is -2.37. The number of pyridine rings is 1. The maximum Gasteiger partial charge on any atom is 0.254 e. The average molecular weight is 297 g/mol. The Balaban J connectivity index is 2.21. The Morgan fingerprint density at radius 3 is 3.10 bits per heavy atom. The van der Waals surface area contributed by atoms with E-state index in [9.17, 15) is 9.59 Å². The molecule has 20 heavy (non-hydrogen) atoms. The summed E-state index contributed by atoms with van der Waals surface area (Å²) in [5.41, 5.74) is 0.440. The Labute approximate surface area is 122 Å². The van der Waals surface area contributed by atoms with Crippen molar-refractivity contribution in [1.29, 1.82) is 0 Å². The Kier molecular flexibility index (Phi) is 4.79. The minimum atomic E-state index is -0.203. The molecule has 2 N–H and O–H groups in total. The van der Waals surface area contributed by atoms with E-state index >= 15 is 0 Å². The van der Waals surface area contributed by atoms with Crippen molar-refractivity contribution in [2.24, 2.45) is 0 Å². The van der Waals surface area contributed by atoms with Crippen molar-refractivity contribution in [2.75, 3.05) is 31.5 Å². The molecule has 6 nitrogen and oxygen atoms in total. The summed E-state index contributed by atoms with van der Waals surface area (Å²) in [6, 6.07) is 3.17. The highest BCUT2D eigenvalue weighted by molar-refractivity contribution is 6.29. The fraction of sp³-hybridized carbons (Fsp3) is 0.462. The van der Waals surface area contributed by atoms with Gasteiger partial charge in [-0.05, 0) is 25.5 Å². The van der Waals surface area contributed by atoms with E-state index in [1.54, 1.807) is 6.07 Å². The van der Waals surface area contributed by atoms with Gasteiger partial charge in [0.2, 0.25) is 5.91 Å². The number of nitrogens with zero attached hydrogens (tertiary/aromatic N) is 2. The Hall–Kier alpha value is -1.82. The lowest BCUT2D eigenvalue weighted by Gasteiger charge is -2.19. The Bertz CT molecular complexity index is 521. The van der Waals surface area contributed by atoms with Crippen LogP contribution in [0.5, 0.6) is 0 Å². The van der Waals surface area contributed by atoms with Gasteiger partial charge in [0.1, 0.15) is 11.0 Å². The topological polar surface area (TPSA) is 74.3 Å². The van der Waals surface area contributed by atoms with E-state index in [2.05, 4.69) is 15.6 Å². The molecule has 0 bridgehead atoms. The highest BCUT2D eigenvalue weighted by Crippen LogP contribution is 2.16. The van der Waals surface area contributed by atoms with Crippen LogP contribution in [0.15, 0.2) is 12.1 Å². The second-order valence-corrected chi connectivity index (χ2v) is 4.91. The fourth-order valence-electron chi connectivity index (χ4n) is 2.05. The summed E-state index contributed by atoms with van der Waals surface area (Å²) in [6.07, 6.45) is 0.746. The fourth-order valence-corrected chi connectivity index (χ4v) is 2.26. The summed E-state index contributed by atoms with van der Waals surface area (Å²) >= 11 is 5.93. The monoisotopic (exact) mass is 296 g/mol. The number of hydrogen-bond acceptors (Lipinski definition) is 4. The van der Waals surface area contributed by atoms with Crippen molar-refractivity contribution in [3.63, 3.8) is 0 Å². The molecule has 7 heteroatoms. The molecule has 0 spiro atoms. The second kappa shape index (κ2) is 6.56. The quantitative estimate of drug-likeness (QED) is 0.820. The smallest absolute Gasteiger partial charge is 0.254 e. The lowest BCUT2D eigenvalue weighted by molar-refractivity contribution is -0.121. The summed E-state index contributed by atoms with van der Waals surface area (Å²) in [6.45, 7) is 3.85. The van der Waals surface area contributed by atoms with Crippen LogP contribution in [0.25, 0.3) is 0 Å². The van der Waals surface area contributed by atoms with Gasteiger partial charge in [0, 0.05) is 25.2 Å². The number of anilines is 1. The number of aromatic nitrogens is 1. The first-order valence-corrected chi connectivity index (χ1v) is 6.95. The minimum Gasteiger partial charge on any atom is -0.370 e. The van der Waals surface area contributed by atoms with E-state index in [1.807, 2.05) is 6.92 Å². The van der Waals surface area contributed by atoms with Gasteiger partial charge < -0.3 is 15.5 Å². The highest BCUT2D eigenvalue weighted by Gasteiger charge is 2.21. The molecule has 1 aromatic rings. The standard InChI is InChI=1S/C13H17ClN4O2/c1-2-15-11-7-9(6-10(14)17-11)13(20)18-5-3-4-16-12(19)8-18/h6-7H,2-5,8H2,1H3,(H,15,17)(H,16,19). The number of halogens is 1. The van der Waals surface area contributed by atoms with Crippen LogP contribution in [-0.2, 0) is 4.79 Å². The van der Waals surface area contributed by atoms with Crippen molar-refractivity contribution < 1.29 is 9.59 Å². The van der Waals surface area contributed by atoms with Gasteiger partial charge in [-0.3, -0.25) is 9.59 Å². The summed E-state index contributed by atoms with van der Waals surface area (Å²) in [7, 11) is 0. The van der Waals surface area contributed by atoms with Gasteiger partial charge in [-0.1, -0.05) is 11.6 Å². The molecule has 0 aromatic carbocycles. The van der Waals surface area contributed by atoms with Gasteiger partial charge in [-0.25, -0.2) is 4.98 Å². The van der Waals surface area contributed by atoms with Crippen molar-refractivity contribution in [1.82, 2.24) is 15.2 Å². The third-order valence-electron chi connectivity index (χ3n) is 2.95. The number of carbonyl (C=O) groups excluding carboxylic acids is 2. The molecule has 2 heterocycles. The summed E-state index contributed by atoms with van der Waals surface area (Å²) < 4.78 is 0. The van der Waals surface area contributed by atoms with Crippen LogP contribution in [-0.4, -0.2) is 47.9 Å². The number of carbonyl (C=O) groups is 2. The molecule has 1 aliphatic rings. The van der Waals surface area contributed by atoms with Crippen molar-refractivity contribution >= 4 is 29.2 Å². The Morgan fingerprint density at radius 1 is 1.55 bits per heavy atom. The third-order valence-corrected chi connectivity index (χ3v) is 3.14. The van der Waals surface area contributed by atoms with Gasteiger partial charge in [0.15, 0.2) is 0 Å². The van der Waals surface area contributed by atoms with Gasteiger partial charge in [-0.2, -0.15) is 0 Å². The van der Waals surface area contributed by atoms with Gasteiger partial charge in [0.25, 0.3) is 5.91 Å². The van der Waals surface area contributed by atoms with Gasteiger partial charge in [-0.15, -0.1) is 0 Å². The number of nitrogens with one attached hydrogen (secondary N) is 2. The molecule has 1 aliphatic heterocycles. The molecule has 0 unspecified atom stereocenters. The molecule has 0 radical (unpaired) electrons. The summed E-state index contributed by atoms with van der Waals surface area (Å²) in [5.74, 6) is 0.219. The van der Waals surface area contributed by atoms with E-state index in [0.29, 0.717) is 31.0 Å². The number of amides is 2. The van der Waals surface area contributed by atoms with Gasteiger partial charge in [0.05, 0.1) is 6.54 Å². The Morgan fingerprint density at radius 2 is 2.35 bits per heavy atom. The predicted octanol–water partition coefficient (Wildman–Crippen LogP) is 1.13. The molecule has 1 aromatic heterocycles. The van der Waals surface area contributed by atoms with Crippen molar-refractivity contribution in [3.8, 4) is 0 Å². The molecule has 0 saturated carbocycles. The maximum absolute atomic E-state index is 12.4. The number of hydrogen-bond donors (Lipinski definition) is 2. The highest BCUT2D eigenvalue weighted by atomic mass is 35.5. The average Bonchev–Trinajstić information content (AvgIpc) is 2.62. The second-order valence-electron chi connectivity index (χ2n) is 4.52. The van der Waals surface area contributed by atoms with Crippen LogP contribution >= 0.6 is 11.6 Å². The molecule has 1 saturated heterocycles.